The van der Waals surface area contributed by atoms with E-state index in [1.54, 1.807) is 30.3 Å². The second kappa shape index (κ2) is 8.89. The molecule has 0 spiro atoms. The van der Waals surface area contributed by atoms with Crippen LogP contribution in [0.15, 0.2) is 59.4 Å². The SMILES string of the molecule is O=C(Cn1c(-c2ccccc2C(F)(F)F)c(Cl)nc(Cl)c1=O)OCc1ccccc1. The molecule has 0 atom stereocenters. The van der Waals surface area contributed by atoms with Crippen molar-refractivity contribution in [3.05, 3.63) is 86.4 Å². The first kappa shape index (κ1) is 21.9. The molecule has 2 aromatic carbocycles. The van der Waals surface area contributed by atoms with Gasteiger partial charge in [-0.2, -0.15) is 13.2 Å². The second-order valence-electron chi connectivity index (χ2n) is 6.12. The van der Waals surface area contributed by atoms with Crippen LogP contribution in [0.4, 0.5) is 13.2 Å². The molecule has 0 unspecified atom stereocenters. The zero-order valence-electron chi connectivity index (χ0n) is 15.1. The molecule has 0 aliphatic rings. The smallest absolute Gasteiger partial charge is 0.417 e. The summed E-state index contributed by atoms with van der Waals surface area (Å²) in [4.78, 5) is 28.4. The summed E-state index contributed by atoms with van der Waals surface area (Å²) in [6.07, 6.45) is -4.73. The molecule has 10 heteroatoms. The van der Waals surface area contributed by atoms with Gasteiger partial charge in [-0.25, -0.2) is 4.98 Å². The molecular weight excluding hydrogens is 444 g/mol. The van der Waals surface area contributed by atoms with E-state index in [2.05, 4.69) is 4.98 Å². The van der Waals surface area contributed by atoms with Crippen LogP contribution in [0.2, 0.25) is 10.3 Å². The van der Waals surface area contributed by atoms with Crippen LogP contribution >= 0.6 is 23.2 Å². The largest absolute Gasteiger partial charge is 0.459 e. The normalized spacial score (nSPS) is 11.4. The van der Waals surface area contributed by atoms with Crippen molar-refractivity contribution in [2.75, 3.05) is 0 Å². The lowest BCUT2D eigenvalue weighted by Crippen LogP contribution is -2.29. The van der Waals surface area contributed by atoms with Crippen LogP contribution in [0.3, 0.4) is 0 Å². The summed E-state index contributed by atoms with van der Waals surface area (Å²) in [6, 6.07) is 13.3. The van der Waals surface area contributed by atoms with Crippen molar-refractivity contribution in [2.24, 2.45) is 0 Å². The molecule has 0 amide bonds. The molecule has 30 heavy (non-hydrogen) atoms. The molecule has 3 aromatic rings. The number of benzene rings is 2. The number of carbonyl (C=O) groups excluding carboxylic acids is 1. The van der Waals surface area contributed by atoms with Gasteiger partial charge in [-0.1, -0.05) is 71.7 Å². The molecule has 5 nitrogen and oxygen atoms in total. The van der Waals surface area contributed by atoms with Crippen molar-refractivity contribution in [3.8, 4) is 11.3 Å². The highest BCUT2D eigenvalue weighted by molar-refractivity contribution is 6.34. The summed E-state index contributed by atoms with van der Waals surface area (Å²) in [6.45, 7) is -0.773. The fraction of sp³-hybridized carbons (Fsp3) is 0.150. The van der Waals surface area contributed by atoms with Gasteiger partial charge in [-0.05, 0) is 11.6 Å². The quantitative estimate of drug-likeness (QED) is 0.508. The monoisotopic (exact) mass is 456 g/mol. The summed E-state index contributed by atoms with van der Waals surface area (Å²) < 4.78 is 46.3. The summed E-state index contributed by atoms with van der Waals surface area (Å²) in [5.41, 5.74) is -2.10. The zero-order chi connectivity index (χ0) is 21.9. The lowest BCUT2D eigenvalue weighted by molar-refractivity contribution is -0.145. The Hall–Kier alpha value is -2.84. The van der Waals surface area contributed by atoms with Gasteiger partial charge in [0.2, 0.25) is 0 Å². The van der Waals surface area contributed by atoms with Crippen LogP contribution in [0.5, 0.6) is 0 Å². The number of alkyl halides is 3. The Balaban J connectivity index is 2.02. The van der Waals surface area contributed by atoms with Crippen molar-refractivity contribution >= 4 is 29.2 Å². The predicted octanol–water partition coefficient (Wildman–Crippen LogP) is 4.98. The minimum Gasteiger partial charge on any atom is -0.459 e. The summed E-state index contributed by atoms with van der Waals surface area (Å²) >= 11 is 11.8. The highest BCUT2D eigenvalue weighted by atomic mass is 35.5. The van der Waals surface area contributed by atoms with Crippen LogP contribution in [0.25, 0.3) is 11.3 Å². The number of hydrogen-bond acceptors (Lipinski definition) is 4. The fourth-order valence-electron chi connectivity index (χ4n) is 2.77. The Bertz CT molecular complexity index is 1130. The number of halogens is 5. The molecular formula is C20H13Cl2F3N2O3. The van der Waals surface area contributed by atoms with Crippen LogP contribution in [0.1, 0.15) is 11.1 Å². The van der Waals surface area contributed by atoms with E-state index in [1.807, 2.05) is 0 Å². The molecule has 0 saturated heterocycles. The van der Waals surface area contributed by atoms with Gasteiger partial charge in [-0.3, -0.25) is 14.2 Å². The fourth-order valence-corrected chi connectivity index (χ4v) is 3.29. The highest BCUT2D eigenvalue weighted by Crippen LogP contribution is 2.38. The Labute approximate surface area is 178 Å². The third-order valence-corrected chi connectivity index (χ3v) is 4.61. The molecule has 0 radical (unpaired) electrons. The lowest BCUT2D eigenvalue weighted by atomic mass is 10.0. The van der Waals surface area contributed by atoms with E-state index in [-0.39, 0.29) is 12.3 Å². The molecule has 1 heterocycles. The summed E-state index contributed by atoms with van der Waals surface area (Å²) in [7, 11) is 0. The maximum absolute atomic E-state index is 13.5. The van der Waals surface area contributed by atoms with Gasteiger partial charge in [0.05, 0.1) is 11.3 Å². The predicted molar refractivity (Wildman–Crippen MR) is 105 cm³/mol. The van der Waals surface area contributed by atoms with Crippen molar-refractivity contribution in [1.82, 2.24) is 9.55 Å². The molecule has 0 saturated carbocycles. The van der Waals surface area contributed by atoms with Gasteiger partial charge < -0.3 is 4.74 Å². The van der Waals surface area contributed by atoms with E-state index in [0.29, 0.717) is 5.56 Å². The number of esters is 1. The van der Waals surface area contributed by atoms with E-state index in [0.717, 1.165) is 16.7 Å². The first-order valence-electron chi connectivity index (χ1n) is 8.50. The van der Waals surface area contributed by atoms with Crippen molar-refractivity contribution in [2.45, 2.75) is 19.3 Å². The van der Waals surface area contributed by atoms with E-state index in [1.165, 1.54) is 12.1 Å². The Morgan fingerprint density at radius 2 is 1.63 bits per heavy atom. The van der Waals surface area contributed by atoms with Crippen LogP contribution in [-0.4, -0.2) is 15.5 Å². The number of nitrogens with zero attached hydrogens (tertiary/aromatic N) is 2. The Kier molecular flexibility index (Phi) is 6.48. The second-order valence-corrected chi connectivity index (χ2v) is 6.84. The highest BCUT2D eigenvalue weighted by Gasteiger charge is 2.35. The maximum atomic E-state index is 13.5. The van der Waals surface area contributed by atoms with Gasteiger partial charge >= 0.3 is 12.1 Å². The third-order valence-electron chi connectivity index (χ3n) is 4.10. The average Bonchev–Trinajstić information content (AvgIpc) is 2.70. The molecule has 0 bridgehead atoms. The average molecular weight is 457 g/mol. The minimum atomic E-state index is -4.73. The molecule has 0 fully saturated rings. The van der Waals surface area contributed by atoms with E-state index in [4.69, 9.17) is 27.9 Å². The number of ether oxygens (including phenoxy) is 1. The van der Waals surface area contributed by atoms with Gasteiger partial charge in [0.25, 0.3) is 5.56 Å². The number of carbonyl (C=O) groups is 1. The summed E-state index contributed by atoms with van der Waals surface area (Å²) in [5.74, 6) is -0.856. The van der Waals surface area contributed by atoms with Gasteiger partial charge in [0, 0.05) is 5.56 Å². The van der Waals surface area contributed by atoms with E-state index >= 15 is 0 Å². The van der Waals surface area contributed by atoms with Crippen LogP contribution in [-0.2, 0) is 28.9 Å². The van der Waals surface area contributed by atoms with Crippen molar-refractivity contribution in [1.29, 1.82) is 0 Å². The van der Waals surface area contributed by atoms with E-state index in [9.17, 15) is 22.8 Å². The molecule has 0 aliphatic heterocycles. The molecule has 1 aromatic heterocycles. The Morgan fingerprint density at radius 1 is 1.00 bits per heavy atom. The molecule has 0 N–H and O–H groups in total. The van der Waals surface area contributed by atoms with Crippen LogP contribution < -0.4 is 5.56 Å². The molecule has 3 rings (SSSR count). The topological polar surface area (TPSA) is 61.2 Å². The van der Waals surface area contributed by atoms with Crippen molar-refractivity contribution < 1.29 is 22.7 Å². The van der Waals surface area contributed by atoms with Crippen LogP contribution in [0, 0.1) is 0 Å². The standard InChI is InChI=1S/C20H13Cl2F3N2O3/c21-17-16(13-8-4-5-9-14(13)20(23,24)25)27(19(29)18(22)26-17)10-15(28)30-11-12-6-2-1-3-7-12/h1-9H,10-11H2. The molecule has 0 aliphatic carbocycles. The third kappa shape index (κ3) is 4.83. The van der Waals surface area contributed by atoms with Crippen molar-refractivity contribution in [3.63, 3.8) is 0 Å². The van der Waals surface area contributed by atoms with E-state index < -0.39 is 45.7 Å². The van der Waals surface area contributed by atoms with Gasteiger partial charge in [0.15, 0.2) is 10.3 Å². The maximum Gasteiger partial charge on any atom is 0.417 e. The van der Waals surface area contributed by atoms with Gasteiger partial charge in [-0.15, -0.1) is 0 Å². The first-order chi connectivity index (χ1) is 14.2. The summed E-state index contributed by atoms with van der Waals surface area (Å²) in [5, 5.41) is -1.03. The lowest BCUT2D eigenvalue weighted by Gasteiger charge is -2.18. The Morgan fingerprint density at radius 3 is 2.30 bits per heavy atom. The zero-order valence-corrected chi connectivity index (χ0v) is 16.6. The molecule has 156 valence electrons. The number of aromatic nitrogens is 2. The first-order valence-corrected chi connectivity index (χ1v) is 9.26. The number of rotatable bonds is 5. The van der Waals surface area contributed by atoms with Gasteiger partial charge in [0.1, 0.15) is 13.2 Å². The minimum absolute atomic E-state index is 0.0740. The number of hydrogen-bond donors (Lipinski definition) is 0.